The van der Waals surface area contributed by atoms with E-state index in [1.165, 1.54) is 4.68 Å². The first-order valence-electron chi connectivity index (χ1n) is 11.5. The van der Waals surface area contributed by atoms with E-state index in [2.05, 4.69) is 10.6 Å². The van der Waals surface area contributed by atoms with Gasteiger partial charge in [-0.1, -0.05) is 62.4 Å². The van der Waals surface area contributed by atoms with Crippen LogP contribution >= 0.6 is 0 Å². The van der Waals surface area contributed by atoms with Crippen molar-refractivity contribution in [2.45, 2.75) is 33.4 Å². The molecule has 3 rings (SSSR count). The van der Waals surface area contributed by atoms with E-state index in [1.54, 1.807) is 56.8 Å². The van der Waals surface area contributed by atoms with E-state index in [1.807, 2.05) is 36.4 Å². The van der Waals surface area contributed by atoms with Gasteiger partial charge in [0.1, 0.15) is 18.3 Å². The van der Waals surface area contributed by atoms with Gasteiger partial charge in [0.15, 0.2) is 6.61 Å². The highest BCUT2D eigenvalue weighted by Gasteiger charge is 2.27. The van der Waals surface area contributed by atoms with Crippen LogP contribution in [0.2, 0.25) is 0 Å². The second-order valence-electron chi connectivity index (χ2n) is 8.52. The Morgan fingerprint density at radius 2 is 1.56 bits per heavy atom. The normalized spacial score (nSPS) is 11.6. The number of hydrogen-bond donors (Lipinski definition) is 2. The van der Waals surface area contributed by atoms with E-state index in [0.29, 0.717) is 11.4 Å². The van der Waals surface area contributed by atoms with E-state index in [4.69, 9.17) is 9.47 Å². The van der Waals surface area contributed by atoms with Crippen LogP contribution < -0.4 is 16.2 Å². The highest BCUT2D eigenvalue weighted by atomic mass is 16.6. The number of rotatable bonds is 9. The Hall–Kier alpha value is -4.34. The van der Waals surface area contributed by atoms with Gasteiger partial charge in [0.2, 0.25) is 0 Å². The van der Waals surface area contributed by atoms with E-state index in [-0.39, 0.29) is 18.2 Å². The van der Waals surface area contributed by atoms with E-state index in [0.717, 1.165) is 5.56 Å². The number of nitrogens with one attached hydrogen (secondary N) is 2. The summed E-state index contributed by atoms with van der Waals surface area (Å²) in [5.74, 6) is -1.79. The minimum Gasteiger partial charge on any atom is -0.454 e. The number of benzene rings is 2. The molecule has 0 aliphatic heterocycles. The molecule has 0 fully saturated rings. The molecule has 2 amide bonds. The Kier molecular flexibility index (Phi) is 8.66. The third-order valence-electron chi connectivity index (χ3n) is 5.57. The Morgan fingerprint density at radius 3 is 2.17 bits per heavy atom. The van der Waals surface area contributed by atoms with Gasteiger partial charge in [0.25, 0.3) is 11.5 Å². The van der Waals surface area contributed by atoms with Crippen molar-refractivity contribution in [3.63, 3.8) is 0 Å². The molecule has 0 bridgehead atoms. The van der Waals surface area contributed by atoms with Gasteiger partial charge in [-0.3, -0.25) is 14.3 Å². The molecule has 1 unspecified atom stereocenters. The lowest BCUT2D eigenvalue weighted by Gasteiger charge is -2.20. The number of aromatic nitrogens is 2. The van der Waals surface area contributed by atoms with E-state index >= 15 is 0 Å². The third kappa shape index (κ3) is 6.41. The van der Waals surface area contributed by atoms with Crippen LogP contribution in [0.3, 0.4) is 0 Å². The van der Waals surface area contributed by atoms with Gasteiger partial charge < -0.3 is 20.1 Å². The molecule has 0 aliphatic rings. The van der Waals surface area contributed by atoms with Gasteiger partial charge in [-0.05, 0) is 30.5 Å². The number of hydrogen-bond acceptors (Lipinski definition) is 6. The highest BCUT2D eigenvalue weighted by molar-refractivity contribution is 5.93. The van der Waals surface area contributed by atoms with Crippen LogP contribution in [-0.4, -0.2) is 40.0 Å². The Labute approximate surface area is 208 Å². The molecular weight excluding hydrogens is 464 g/mol. The maximum Gasteiger partial charge on any atom is 0.408 e. The van der Waals surface area contributed by atoms with Gasteiger partial charge in [-0.15, -0.1) is 0 Å². The molecule has 36 heavy (non-hydrogen) atoms. The maximum absolute atomic E-state index is 12.9. The molecule has 10 nitrogen and oxygen atoms in total. The van der Waals surface area contributed by atoms with Gasteiger partial charge in [-0.25, -0.2) is 14.3 Å². The molecule has 10 heteroatoms. The Balaban J connectivity index is 1.58. The Bertz CT molecular complexity index is 1260. The average molecular weight is 495 g/mol. The fourth-order valence-electron chi connectivity index (χ4n) is 3.50. The monoisotopic (exact) mass is 494 g/mol. The number of amides is 2. The topological polar surface area (TPSA) is 121 Å². The number of alkyl carbamates (subject to hydrolysis) is 1. The van der Waals surface area contributed by atoms with Crippen LogP contribution in [0.1, 0.15) is 25.1 Å². The first-order chi connectivity index (χ1) is 17.2. The van der Waals surface area contributed by atoms with Crippen LogP contribution in [0.5, 0.6) is 0 Å². The number of carbonyl (C=O) groups is 3. The molecule has 0 radical (unpaired) electrons. The number of ether oxygens (including phenoxy) is 2. The third-order valence-corrected chi connectivity index (χ3v) is 5.57. The zero-order valence-electron chi connectivity index (χ0n) is 20.7. The number of para-hydroxylation sites is 1. The van der Waals surface area contributed by atoms with Crippen molar-refractivity contribution in [1.29, 1.82) is 0 Å². The summed E-state index contributed by atoms with van der Waals surface area (Å²) >= 11 is 0. The van der Waals surface area contributed by atoms with Crippen molar-refractivity contribution >= 4 is 23.7 Å². The second-order valence-corrected chi connectivity index (χ2v) is 8.52. The minimum atomic E-state index is -1.02. The number of anilines is 1. The first-order valence-corrected chi connectivity index (χ1v) is 11.5. The van der Waals surface area contributed by atoms with Gasteiger partial charge in [0.05, 0.1) is 11.4 Å². The number of esters is 1. The predicted octanol–water partition coefficient (Wildman–Crippen LogP) is 2.92. The summed E-state index contributed by atoms with van der Waals surface area (Å²) in [6.07, 6.45) is -0.777. The molecule has 0 spiro atoms. The fraction of sp³-hybridized carbons (Fsp3) is 0.308. The average Bonchev–Trinajstić information content (AvgIpc) is 3.08. The van der Waals surface area contributed by atoms with Gasteiger partial charge in [0, 0.05) is 7.05 Å². The van der Waals surface area contributed by atoms with Gasteiger partial charge in [-0.2, -0.15) is 0 Å². The van der Waals surface area contributed by atoms with Crippen LogP contribution in [0.4, 0.5) is 10.5 Å². The number of nitrogens with zero attached hydrogens (tertiary/aromatic N) is 2. The molecule has 2 aromatic carbocycles. The predicted molar refractivity (Wildman–Crippen MR) is 134 cm³/mol. The summed E-state index contributed by atoms with van der Waals surface area (Å²) in [5.41, 5.74) is 1.65. The zero-order valence-corrected chi connectivity index (χ0v) is 20.7. The molecule has 2 N–H and O–H groups in total. The molecule has 1 heterocycles. The van der Waals surface area contributed by atoms with Crippen LogP contribution in [0, 0.1) is 12.8 Å². The van der Waals surface area contributed by atoms with Crippen molar-refractivity contribution < 1.29 is 23.9 Å². The van der Waals surface area contributed by atoms with E-state index in [9.17, 15) is 19.2 Å². The minimum absolute atomic E-state index is 0.0475. The van der Waals surface area contributed by atoms with Crippen molar-refractivity contribution in [1.82, 2.24) is 14.7 Å². The summed E-state index contributed by atoms with van der Waals surface area (Å²) in [6, 6.07) is 17.1. The first kappa shape index (κ1) is 26.3. The van der Waals surface area contributed by atoms with Crippen LogP contribution in [0.25, 0.3) is 5.69 Å². The van der Waals surface area contributed by atoms with Crippen LogP contribution in [0.15, 0.2) is 65.5 Å². The summed E-state index contributed by atoms with van der Waals surface area (Å²) in [5, 5.41) is 5.01. The molecule has 3 aromatic rings. The standard InChI is InChI=1S/C26H30N4O6/c1-17(2)22(28-26(34)36-15-19-11-7-5-8-12-19)25(33)35-16-21(31)27-23-18(3)29(4)30(24(23)32)20-13-9-6-10-14-20/h5-14,17,22H,15-16H2,1-4H3,(H,27,31)(H,28,34). The zero-order chi connectivity index (χ0) is 26.2. The largest absolute Gasteiger partial charge is 0.454 e. The molecular formula is C26H30N4O6. The van der Waals surface area contributed by atoms with Crippen LogP contribution in [-0.2, 0) is 32.7 Å². The fourth-order valence-corrected chi connectivity index (χ4v) is 3.50. The lowest BCUT2D eigenvalue weighted by molar-refractivity contribution is -0.150. The quantitative estimate of drug-likeness (QED) is 0.441. The summed E-state index contributed by atoms with van der Waals surface area (Å²) < 4.78 is 13.3. The maximum atomic E-state index is 12.9. The van der Waals surface area contributed by atoms with Crippen molar-refractivity contribution in [3.8, 4) is 5.69 Å². The highest BCUT2D eigenvalue weighted by Crippen LogP contribution is 2.14. The SMILES string of the molecule is Cc1c(NC(=O)COC(=O)C(NC(=O)OCc2ccccc2)C(C)C)c(=O)n(-c2ccccc2)n1C. The second kappa shape index (κ2) is 11.9. The number of carbonyl (C=O) groups excluding carboxylic acids is 3. The summed E-state index contributed by atoms with van der Waals surface area (Å²) in [7, 11) is 1.70. The summed E-state index contributed by atoms with van der Waals surface area (Å²) in [4.78, 5) is 50.2. The molecule has 1 aromatic heterocycles. The van der Waals surface area contributed by atoms with Crippen molar-refractivity contribution in [2.24, 2.45) is 13.0 Å². The summed E-state index contributed by atoms with van der Waals surface area (Å²) in [6.45, 7) is 4.57. The van der Waals surface area contributed by atoms with Crippen molar-refractivity contribution in [3.05, 3.63) is 82.3 Å². The molecule has 0 saturated heterocycles. The van der Waals surface area contributed by atoms with E-state index < -0.39 is 36.2 Å². The van der Waals surface area contributed by atoms with Crippen molar-refractivity contribution in [2.75, 3.05) is 11.9 Å². The lowest BCUT2D eigenvalue weighted by Crippen LogP contribution is -2.46. The van der Waals surface area contributed by atoms with Gasteiger partial charge >= 0.3 is 12.1 Å². The molecule has 0 aliphatic carbocycles. The Morgan fingerprint density at radius 1 is 0.944 bits per heavy atom. The smallest absolute Gasteiger partial charge is 0.408 e. The molecule has 0 saturated carbocycles. The lowest BCUT2D eigenvalue weighted by atomic mass is 10.1. The molecule has 190 valence electrons. The molecule has 1 atom stereocenters.